The molecular weight excluding hydrogens is 354 g/mol. The molecule has 2 aromatic carbocycles. The molecule has 0 radical (unpaired) electrons. The normalized spacial score (nSPS) is 15.5. The molecule has 0 aliphatic carbocycles. The van der Waals surface area contributed by atoms with Crippen molar-refractivity contribution in [3.63, 3.8) is 0 Å². The Kier molecular flexibility index (Phi) is 4.24. The summed E-state index contributed by atoms with van der Waals surface area (Å²) in [7, 11) is 1.66. The van der Waals surface area contributed by atoms with Crippen LogP contribution in [0.25, 0.3) is 0 Å². The Morgan fingerprint density at radius 2 is 1.79 bits per heavy atom. The van der Waals surface area contributed by atoms with Gasteiger partial charge in [-0.1, -0.05) is 30.3 Å². The zero-order chi connectivity index (χ0) is 18.9. The molecule has 1 aromatic heterocycles. The molecule has 1 fully saturated rings. The monoisotopic (exact) mass is 375 g/mol. The Morgan fingerprint density at radius 1 is 1.00 bits per heavy atom. The van der Waals surface area contributed by atoms with Gasteiger partial charge in [0, 0.05) is 12.0 Å². The van der Waals surface area contributed by atoms with E-state index in [0.29, 0.717) is 6.61 Å². The quantitative estimate of drug-likeness (QED) is 0.698. The Morgan fingerprint density at radius 3 is 2.64 bits per heavy atom. The Labute approximate surface area is 163 Å². The minimum absolute atomic E-state index is 0.108. The van der Waals surface area contributed by atoms with E-state index in [1.54, 1.807) is 13.4 Å². The number of benzene rings is 2. The Balaban J connectivity index is 1.34. The molecule has 0 bridgehead atoms. The lowest BCUT2D eigenvalue weighted by atomic mass is 10.0. The molecule has 0 saturated carbocycles. The highest BCUT2D eigenvalue weighted by atomic mass is 16.5. The van der Waals surface area contributed by atoms with Gasteiger partial charge in [0.2, 0.25) is 0 Å². The number of anilines is 1. The van der Waals surface area contributed by atoms with Crippen LogP contribution in [0.3, 0.4) is 0 Å². The summed E-state index contributed by atoms with van der Waals surface area (Å²) in [5.74, 6) is 3.43. The first kappa shape index (κ1) is 16.9. The fourth-order valence-corrected chi connectivity index (χ4v) is 3.72. The smallest absolute Gasteiger partial charge is 0.161 e. The number of fused-ring (bicyclic) bond motifs is 2. The van der Waals surface area contributed by atoms with Crippen LogP contribution in [0.2, 0.25) is 0 Å². The lowest BCUT2D eigenvalue weighted by Crippen LogP contribution is -2.54. The van der Waals surface area contributed by atoms with Gasteiger partial charge in [0.25, 0.3) is 0 Å². The van der Waals surface area contributed by atoms with Crippen molar-refractivity contribution in [3.05, 3.63) is 71.7 Å². The average Bonchev–Trinajstić information content (AvgIpc) is 2.90. The van der Waals surface area contributed by atoms with Crippen molar-refractivity contribution in [2.45, 2.75) is 19.1 Å². The molecule has 0 amide bonds. The van der Waals surface area contributed by atoms with Crippen LogP contribution in [0.15, 0.2) is 54.9 Å². The maximum atomic E-state index is 6.11. The van der Waals surface area contributed by atoms with E-state index in [9.17, 15) is 0 Å². The highest BCUT2D eigenvalue weighted by molar-refractivity contribution is 5.55. The third-order valence-electron chi connectivity index (χ3n) is 5.23. The average molecular weight is 375 g/mol. The highest BCUT2D eigenvalue weighted by Gasteiger charge is 2.33. The first-order valence-corrected chi connectivity index (χ1v) is 9.40. The van der Waals surface area contributed by atoms with Crippen LogP contribution in [-0.2, 0) is 13.0 Å². The summed E-state index contributed by atoms with van der Waals surface area (Å²) in [6, 6.07) is 15.9. The molecule has 6 nitrogen and oxygen atoms in total. The van der Waals surface area contributed by atoms with E-state index in [0.717, 1.165) is 53.8 Å². The standard InChI is InChI=1S/C22H21N3O3/c1-26-20-8-4-5-9-21(20)28-16-11-25(12-16)22-17-10-15-6-2-3-7-19(15)27-13-18(17)23-14-24-22/h2-9,14,16H,10-13H2,1H3. The zero-order valence-corrected chi connectivity index (χ0v) is 15.7. The summed E-state index contributed by atoms with van der Waals surface area (Å²) in [5.41, 5.74) is 3.26. The van der Waals surface area contributed by atoms with E-state index in [4.69, 9.17) is 14.2 Å². The zero-order valence-electron chi connectivity index (χ0n) is 15.7. The van der Waals surface area contributed by atoms with E-state index in [-0.39, 0.29) is 6.10 Å². The highest BCUT2D eigenvalue weighted by Crippen LogP contribution is 2.34. The van der Waals surface area contributed by atoms with E-state index in [1.165, 1.54) is 5.56 Å². The third-order valence-corrected chi connectivity index (χ3v) is 5.23. The fourth-order valence-electron chi connectivity index (χ4n) is 3.72. The Bertz CT molecular complexity index is 1000. The molecule has 0 unspecified atom stereocenters. The molecule has 0 spiro atoms. The van der Waals surface area contributed by atoms with E-state index < -0.39 is 0 Å². The molecule has 5 rings (SSSR count). The van der Waals surface area contributed by atoms with Crippen molar-refractivity contribution < 1.29 is 14.2 Å². The van der Waals surface area contributed by atoms with E-state index in [2.05, 4.69) is 20.9 Å². The summed E-state index contributed by atoms with van der Waals surface area (Å²) < 4.78 is 17.4. The van der Waals surface area contributed by atoms with Crippen LogP contribution in [0.5, 0.6) is 17.2 Å². The maximum absolute atomic E-state index is 6.11. The van der Waals surface area contributed by atoms with Crippen LogP contribution < -0.4 is 19.1 Å². The molecule has 28 heavy (non-hydrogen) atoms. The minimum Gasteiger partial charge on any atom is -0.493 e. The molecule has 1 saturated heterocycles. The van der Waals surface area contributed by atoms with Gasteiger partial charge in [0.05, 0.1) is 25.9 Å². The van der Waals surface area contributed by atoms with Crippen LogP contribution in [0.1, 0.15) is 16.8 Å². The second kappa shape index (κ2) is 7.03. The van der Waals surface area contributed by atoms with Gasteiger partial charge >= 0.3 is 0 Å². The molecule has 3 heterocycles. The number of nitrogens with zero attached hydrogens (tertiary/aromatic N) is 3. The van der Waals surface area contributed by atoms with E-state index in [1.807, 2.05) is 42.5 Å². The number of hydrogen-bond donors (Lipinski definition) is 0. The predicted molar refractivity (Wildman–Crippen MR) is 105 cm³/mol. The summed E-state index contributed by atoms with van der Waals surface area (Å²) in [6.45, 7) is 2.03. The number of hydrogen-bond acceptors (Lipinski definition) is 6. The number of para-hydroxylation sites is 3. The predicted octanol–water partition coefficient (Wildman–Crippen LogP) is 3.24. The van der Waals surface area contributed by atoms with Crippen molar-refractivity contribution in [2.24, 2.45) is 0 Å². The van der Waals surface area contributed by atoms with Gasteiger partial charge < -0.3 is 19.1 Å². The maximum Gasteiger partial charge on any atom is 0.161 e. The number of methoxy groups -OCH3 is 1. The lowest BCUT2D eigenvalue weighted by molar-refractivity contribution is 0.160. The molecule has 0 atom stereocenters. The van der Waals surface area contributed by atoms with Gasteiger partial charge in [-0.05, 0) is 23.8 Å². The van der Waals surface area contributed by atoms with Crippen LogP contribution >= 0.6 is 0 Å². The minimum atomic E-state index is 0.108. The van der Waals surface area contributed by atoms with Crippen LogP contribution in [0, 0.1) is 0 Å². The van der Waals surface area contributed by atoms with Crippen molar-refractivity contribution in [2.75, 3.05) is 25.1 Å². The van der Waals surface area contributed by atoms with Gasteiger partial charge in [0.15, 0.2) is 11.5 Å². The van der Waals surface area contributed by atoms with Crippen molar-refractivity contribution >= 4 is 5.82 Å². The van der Waals surface area contributed by atoms with Gasteiger partial charge in [-0.2, -0.15) is 0 Å². The first-order valence-electron chi connectivity index (χ1n) is 9.40. The van der Waals surface area contributed by atoms with Gasteiger partial charge in [0.1, 0.15) is 30.6 Å². The van der Waals surface area contributed by atoms with Gasteiger partial charge in [-0.3, -0.25) is 0 Å². The van der Waals surface area contributed by atoms with Crippen molar-refractivity contribution in [3.8, 4) is 17.2 Å². The second-order valence-corrected chi connectivity index (χ2v) is 6.99. The summed E-state index contributed by atoms with van der Waals surface area (Å²) in [5, 5.41) is 0. The molecule has 2 aliphatic rings. The second-order valence-electron chi connectivity index (χ2n) is 6.99. The number of aromatic nitrogens is 2. The fraction of sp³-hybridized carbons (Fsp3) is 0.273. The lowest BCUT2D eigenvalue weighted by Gasteiger charge is -2.40. The van der Waals surface area contributed by atoms with Gasteiger partial charge in [-0.25, -0.2) is 9.97 Å². The SMILES string of the molecule is COc1ccccc1OC1CN(c2ncnc3c2Cc2ccccc2OC3)C1. The summed E-state index contributed by atoms with van der Waals surface area (Å²) >= 11 is 0. The molecular formula is C22H21N3O3. The summed E-state index contributed by atoms with van der Waals surface area (Å²) in [6.07, 6.45) is 2.51. The number of ether oxygens (including phenoxy) is 3. The topological polar surface area (TPSA) is 56.7 Å². The molecule has 6 heteroatoms. The number of rotatable bonds is 4. The molecule has 0 N–H and O–H groups in total. The first-order chi connectivity index (χ1) is 13.8. The van der Waals surface area contributed by atoms with Crippen LogP contribution in [0.4, 0.5) is 5.82 Å². The molecule has 2 aliphatic heterocycles. The largest absolute Gasteiger partial charge is 0.493 e. The van der Waals surface area contributed by atoms with Crippen LogP contribution in [-0.4, -0.2) is 36.3 Å². The Hall–Kier alpha value is -3.28. The molecule has 3 aromatic rings. The van der Waals surface area contributed by atoms with E-state index >= 15 is 0 Å². The van der Waals surface area contributed by atoms with Crippen molar-refractivity contribution in [1.29, 1.82) is 0 Å². The van der Waals surface area contributed by atoms with Crippen molar-refractivity contribution in [1.82, 2.24) is 9.97 Å². The third kappa shape index (κ3) is 3.01. The summed E-state index contributed by atoms with van der Waals surface area (Å²) in [4.78, 5) is 11.3. The van der Waals surface area contributed by atoms with Gasteiger partial charge in [-0.15, -0.1) is 0 Å². The molecule has 142 valence electrons.